The minimum Gasteiger partial charge on any atom is -0.369 e. The molecular weight excluding hydrogens is 364 g/mol. The molecule has 5 rings (SSSR count). The summed E-state index contributed by atoms with van der Waals surface area (Å²) in [5.74, 6) is 0.572. The Balaban J connectivity index is 1.52. The van der Waals surface area contributed by atoms with E-state index in [0.717, 1.165) is 48.3 Å². The molecule has 7 heteroatoms. The molecule has 1 aromatic carbocycles. The third kappa shape index (κ3) is 3.40. The van der Waals surface area contributed by atoms with Crippen molar-refractivity contribution < 1.29 is 0 Å². The fraction of sp³-hybridized carbons (Fsp3) is 0.227. The van der Waals surface area contributed by atoms with Gasteiger partial charge < -0.3 is 19.8 Å². The molecule has 1 fully saturated rings. The van der Waals surface area contributed by atoms with Gasteiger partial charge in [0.1, 0.15) is 5.82 Å². The van der Waals surface area contributed by atoms with Gasteiger partial charge in [-0.2, -0.15) is 0 Å². The Morgan fingerprint density at radius 2 is 1.90 bits per heavy atom. The predicted molar refractivity (Wildman–Crippen MR) is 115 cm³/mol. The number of anilines is 1. The highest BCUT2D eigenvalue weighted by molar-refractivity contribution is 5.83. The van der Waals surface area contributed by atoms with Crippen LogP contribution < -0.4 is 10.5 Å². The summed E-state index contributed by atoms with van der Waals surface area (Å²) in [6.45, 7) is 4.12. The zero-order valence-electron chi connectivity index (χ0n) is 16.2. The van der Waals surface area contributed by atoms with E-state index >= 15 is 0 Å². The lowest BCUT2D eigenvalue weighted by Gasteiger charge is -2.34. The Bertz CT molecular complexity index is 1200. The molecule has 1 aliphatic rings. The van der Waals surface area contributed by atoms with Crippen LogP contribution in [0.1, 0.15) is 0 Å². The maximum Gasteiger partial charge on any atom is 0.259 e. The Morgan fingerprint density at radius 1 is 1.03 bits per heavy atom. The third-order valence-electron chi connectivity index (χ3n) is 5.49. The highest BCUT2D eigenvalue weighted by atomic mass is 16.1. The first-order valence-corrected chi connectivity index (χ1v) is 9.74. The van der Waals surface area contributed by atoms with Crippen molar-refractivity contribution in [2.24, 2.45) is 0 Å². The standard InChI is InChI=1S/C22H22N6O/c1-27-7-9-28(10-8-27)17-4-5-19-20(12-17)26-21(25-19)18-11-16(14-24-22(18)29)15-3-2-6-23-13-15/h2-6,11-14H,7-10H2,1H3,(H,24,29)(H,25,26). The molecule has 29 heavy (non-hydrogen) atoms. The molecule has 3 aromatic heterocycles. The Morgan fingerprint density at radius 3 is 2.69 bits per heavy atom. The van der Waals surface area contributed by atoms with Crippen molar-refractivity contribution in [3.05, 3.63) is 65.3 Å². The van der Waals surface area contributed by atoms with Gasteiger partial charge in [0, 0.05) is 61.6 Å². The number of hydrogen-bond donors (Lipinski definition) is 2. The number of hydrogen-bond acceptors (Lipinski definition) is 5. The SMILES string of the molecule is CN1CCN(c2ccc3[nH]c(-c4cc(-c5cccnc5)c[nH]c4=O)nc3c2)CC1. The predicted octanol–water partition coefficient (Wildman–Crippen LogP) is 2.73. The number of nitrogens with one attached hydrogen (secondary N) is 2. The van der Waals surface area contributed by atoms with Crippen LogP contribution in [-0.2, 0) is 0 Å². The van der Waals surface area contributed by atoms with Gasteiger partial charge in [-0.25, -0.2) is 4.98 Å². The van der Waals surface area contributed by atoms with E-state index in [2.05, 4.69) is 43.9 Å². The van der Waals surface area contributed by atoms with E-state index in [1.165, 1.54) is 5.69 Å². The Labute approximate surface area is 168 Å². The zero-order chi connectivity index (χ0) is 19.8. The summed E-state index contributed by atoms with van der Waals surface area (Å²) in [7, 11) is 2.15. The second kappa shape index (κ2) is 7.18. The number of fused-ring (bicyclic) bond motifs is 1. The second-order valence-corrected chi connectivity index (χ2v) is 7.45. The summed E-state index contributed by atoms with van der Waals surface area (Å²) in [4.78, 5) is 32.2. The molecular formula is C22H22N6O. The van der Waals surface area contributed by atoms with E-state index in [1.807, 2.05) is 24.3 Å². The van der Waals surface area contributed by atoms with E-state index in [4.69, 9.17) is 4.98 Å². The van der Waals surface area contributed by atoms with Gasteiger partial charge in [0.15, 0.2) is 0 Å². The monoisotopic (exact) mass is 386 g/mol. The van der Waals surface area contributed by atoms with Crippen molar-refractivity contribution in [2.75, 3.05) is 38.1 Å². The smallest absolute Gasteiger partial charge is 0.259 e. The van der Waals surface area contributed by atoms with Gasteiger partial charge in [0.25, 0.3) is 5.56 Å². The van der Waals surface area contributed by atoms with E-state index in [0.29, 0.717) is 11.4 Å². The average molecular weight is 386 g/mol. The molecule has 1 saturated heterocycles. The molecule has 1 aliphatic heterocycles. The van der Waals surface area contributed by atoms with Crippen LogP contribution in [0.25, 0.3) is 33.5 Å². The quantitative estimate of drug-likeness (QED) is 0.566. The van der Waals surface area contributed by atoms with Gasteiger partial charge in [-0.3, -0.25) is 9.78 Å². The minimum atomic E-state index is -0.170. The number of pyridine rings is 2. The highest BCUT2D eigenvalue weighted by Crippen LogP contribution is 2.26. The van der Waals surface area contributed by atoms with Gasteiger partial charge in [-0.15, -0.1) is 0 Å². The summed E-state index contributed by atoms with van der Waals surface area (Å²) >= 11 is 0. The number of imidazole rings is 1. The third-order valence-corrected chi connectivity index (χ3v) is 5.49. The van der Waals surface area contributed by atoms with Crippen LogP contribution in [0.4, 0.5) is 5.69 Å². The van der Waals surface area contributed by atoms with E-state index < -0.39 is 0 Å². The molecule has 0 unspecified atom stereocenters. The van der Waals surface area contributed by atoms with Gasteiger partial charge in [-0.1, -0.05) is 6.07 Å². The highest BCUT2D eigenvalue weighted by Gasteiger charge is 2.16. The molecule has 4 aromatic rings. The number of aromatic nitrogens is 4. The molecule has 0 aliphatic carbocycles. The fourth-order valence-corrected chi connectivity index (χ4v) is 3.74. The Kier molecular flexibility index (Phi) is 4.37. The fourth-order valence-electron chi connectivity index (χ4n) is 3.74. The normalized spacial score (nSPS) is 15.1. The molecule has 146 valence electrons. The molecule has 0 bridgehead atoms. The second-order valence-electron chi connectivity index (χ2n) is 7.45. The summed E-state index contributed by atoms with van der Waals surface area (Å²) in [6, 6.07) is 12.0. The number of likely N-dealkylation sites (N-methyl/N-ethyl adjacent to an activating group) is 1. The van der Waals surface area contributed by atoms with E-state index in [-0.39, 0.29) is 5.56 Å². The molecule has 4 heterocycles. The average Bonchev–Trinajstić information content (AvgIpc) is 3.18. The lowest BCUT2D eigenvalue weighted by Crippen LogP contribution is -2.44. The van der Waals surface area contributed by atoms with Crippen molar-refractivity contribution in [3.8, 4) is 22.5 Å². The number of benzene rings is 1. The molecule has 7 nitrogen and oxygen atoms in total. The topological polar surface area (TPSA) is 80.9 Å². The number of nitrogens with zero attached hydrogens (tertiary/aromatic N) is 4. The molecule has 0 amide bonds. The van der Waals surface area contributed by atoms with Crippen molar-refractivity contribution in [1.29, 1.82) is 0 Å². The first-order chi connectivity index (χ1) is 14.2. The number of piperazine rings is 1. The first kappa shape index (κ1) is 17.6. The Hall–Kier alpha value is -3.45. The van der Waals surface area contributed by atoms with Crippen LogP contribution in [0, 0.1) is 0 Å². The molecule has 0 spiro atoms. The van der Waals surface area contributed by atoms with Gasteiger partial charge in [-0.05, 0) is 37.4 Å². The maximum atomic E-state index is 12.5. The van der Waals surface area contributed by atoms with Crippen molar-refractivity contribution in [1.82, 2.24) is 24.8 Å². The molecule has 2 N–H and O–H groups in total. The maximum absolute atomic E-state index is 12.5. The number of H-pyrrole nitrogens is 2. The summed E-state index contributed by atoms with van der Waals surface area (Å²) < 4.78 is 0. The van der Waals surface area contributed by atoms with Crippen LogP contribution in [-0.4, -0.2) is 58.1 Å². The minimum absolute atomic E-state index is 0.170. The van der Waals surface area contributed by atoms with Crippen LogP contribution >= 0.6 is 0 Å². The van der Waals surface area contributed by atoms with Crippen LogP contribution in [0.15, 0.2) is 59.8 Å². The van der Waals surface area contributed by atoms with Crippen molar-refractivity contribution in [2.45, 2.75) is 0 Å². The largest absolute Gasteiger partial charge is 0.369 e. The van der Waals surface area contributed by atoms with E-state index in [9.17, 15) is 4.79 Å². The summed E-state index contributed by atoms with van der Waals surface area (Å²) in [5.41, 5.74) is 5.14. The number of rotatable bonds is 3. The van der Waals surface area contributed by atoms with Crippen LogP contribution in [0.2, 0.25) is 0 Å². The van der Waals surface area contributed by atoms with Crippen molar-refractivity contribution in [3.63, 3.8) is 0 Å². The molecule has 0 atom stereocenters. The lowest BCUT2D eigenvalue weighted by molar-refractivity contribution is 0.313. The lowest BCUT2D eigenvalue weighted by atomic mass is 10.1. The van der Waals surface area contributed by atoms with Crippen molar-refractivity contribution >= 4 is 16.7 Å². The van der Waals surface area contributed by atoms with Gasteiger partial charge in [0.05, 0.1) is 16.6 Å². The van der Waals surface area contributed by atoms with Gasteiger partial charge >= 0.3 is 0 Å². The van der Waals surface area contributed by atoms with Crippen LogP contribution in [0.5, 0.6) is 0 Å². The number of aromatic amines is 2. The summed E-state index contributed by atoms with van der Waals surface area (Å²) in [6.07, 6.45) is 5.21. The van der Waals surface area contributed by atoms with E-state index in [1.54, 1.807) is 18.6 Å². The van der Waals surface area contributed by atoms with Gasteiger partial charge in [0.2, 0.25) is 0 Å². The molecule has 0 saturated carbocycles. The first-order valence-electron chi connectivity index (χ1n) is 9.74. The molecule has 0 radical (unpaired) electrons. The summed E-state index contributed by atoms with van der Waals surface area (Å²) in [5, 5.41) is 0. The zero-order valence-corrected chi connectivity index (χ0v) is 16.2. The van der Waals surface area contributed by atoms with Crippen LogP contribution in [0.3, 0.4) is 0 Å².